The molecule has 7 heteroatoms. The van der Waals surface area contributed by atoms with Gasteiger partial charge in [-0.1, -0.05) is 97.9 Å². The van der Waals surface area contributed by atoms with E-state index in [4.69, 9.17) is 4.74 Å². The fourth-order valence-electron chi connectivity index (χ4n) is 4.70. The number of benzene rings is 3. The number of carbonyl (C=O) groups is 3. The molecule has 1 aliphatic rings. The van der Waals surface area contributed by atoms with E-state index in [9.17, 15) is 19.5 Å². The molecule has 4 rings (SSSR count). The highest BCUT2D eigenvalue weighted by Crippen LogP contribution is 2.40. The molecule has 3 aromatic carbocycles. The molecule has 3 aromatic rings. The van der Waals surface area contributed by atoms with Gasteiger partial charge in [-0.05, 0) is 29.5 Å². The molecule has 1 fully saturated rings. The van der Waals surface area contributed by atoms with Gasteiger partial charge in [-0.15, -0.1) is 0 Å². The van der Waals surface area contributed by atoms with E-state index in [1.54, 1.807) is 4.90 Å². The molecule has 0 bridgehead atoms. The first-order valence-corrected chi connectivity index (χ1v) is 12.6. The van der Waals surface area contributed by atoms with Crippen LogP contribution in [0.3, 0.4) is 0 Å². The van der Waals surface area contributed by atoms with Gasteiger partial charge in [0.05, 0.1) is 11.8 Å². The Hall–Kier alpha value is -4.13. The van der Waals surface area contributed by atoms with Crippen LogP contribution in [0, 0.1) is 5.92 Å². The molecule has 37 heavy (non-hydrogen) atoms. The van der Waals surface area contributed by atoms with Crippen molar-refractivity contribution in [3.8, 4) is 0 Å². The Labute approximate surface area is 217 Å². The Morgan fingerprint density at radius 3 is 1.95 bits per heavy atom. The standard InChI is InChI=1S/C30H32N2O5/c1-2-24(19-31-30(36)37-20-21-12-6-3-7-13-21)32(26-18-25(26)29(34)35)28(33)27(22-14-8-4-9-15-22)23-16-10-5-11-17-23/h3-17,24-27H,2,18-20H2,1H3,(H,31,36)(H,34,35)/t24-,25-,26+/m1/s1. The molecule has 0 heterocycles. The molecule has 0 aromatic heterocycles. The molecule has 0 saturated heterocycles. The summed E-state index contributed by atoms with van der Waals surface area (Å²) >= 11 is 0. The molecule has 0 spiro atoms. The number of ether oxygens (including phenoxy) is 1. The Kier molecular flexibility index (Phi) is 8.56. The predicted octanol–water partition coefficient (Wildman–Crippen LogP) is 4.83. The summed E-state index contributed by atoms with van der Waals surface area (Å²) in [7, 11) is 0. The highest BCUT2D eigenvalue weighted by atomic mass is 16.5. The Balaban J connectivity index is 1.54. The van der Waals surface area contributed by atoms with Gasteiger partial charge < -0.3 is 20.1 Å². The average molecular weight is 501 g/mol. The predicted molar refractivity (Wildman–Crippen MR) is 140 cm³/mol. The number of carbonyl (C=O) groups excluding carboxylic acids is 2. The molecule has 1 saturated carbocycles. The Bertz CT molecular complexity index is 1150. The van der Waals surface area contributed by atoms with Crippen molar-refractivity contribution in [2.45, 2.75) is 44.4 Å². The second-order valence-corrected chi connectivity index (χ2v) is 9.25. The van der Waals surface area contributed by atoms with Gasteiger partial charge in [-0.3, -0.25) is 9.59 Å². The van der Waals surface area contributed by atoms with E-state index < -0.39 is 29.9 Å². The summed E-state index contributed by atoms with van der Waals surface area (Å²) in [6.07, 6.45) is 0.360. The lowest BCUT2D eigenvalue weighted by molar-refractivity contribution is -0.140. The summed E-state index contributed by atoms with van der Waals surface area (Å²) in [5, 5.41) is 12.4. The number of alkyl carbamates (subject to hydrolysis) is 1. The van der Waals surface area contributed by atoms with Crippen molar-refractivity contribution >= 4 is 18.0 Å². The van der Waals surface area contributed by atoms with E-state index in [1.165, 1.54) is 0 Å². The fourth-order valence-corrected chi connectivity index (χ4v) is 4.70. The van der Waals surface area contributed by atoms with Crippen LogP contribution in [-0.2, 0) is 20.9 Å². The minimum absolute atomic E-state index is 0.139. The van der Waals surface area contributed by atoms with Crippen molar-refractivity contribution < 1.29 is 24.2 Å². The molecular weight excluding hydrogens is 468 g/mol. The molecule has 0 unspecified atom stereocenters. The van der Waals surface area contributed by atoms with Crippen molar-refractivity contribution in [1.29, 1.82) is 0 Å². The minimum Gasteiger partial charge on any atom is -0.481 e. The number of carboxylic acid groups (broad SMARTS) is 1. The molecule has 0 aliphatic heterocycles. The average Bonchev–Trinajstić information content (AvgIpc) is 3.72. The molecule has 7 nitrogen and oxygen atoms in total. The highest BCUT2D eigenvalue weighted by Gasteiger charge is 2.51. The molecule has 1 aliphatic carbocycles. The molecule has 2 N–H and O–H groups in total. The number of aliphatic carboxylic acids is 1. The monoisotopic (exact) mass is 500 g/mol. The summed E-state index contributed by atoms with van der Waals surface area (Å²) in [5.41, 5.74) is 2.54. The smallest absolute Gasteiger partial charge is 0.407 e. The van der Waals surface area contributed by atoms with Crippen molar-refractivity contribution in [3.63, 3.8) is 0 Å². The molecular formula is C30H32N2O5. The van der Waals surface area contributed by atoms with Gasteiger partial charge in [0.1, 0.15) is 6.61 Å². The van der Waals surface area contributed by atoms with Crippen LogP contribution in [0.1, 0.15) is 42.4 Å². The van der Waals surface area contributed by atoms with Crippen molar-refractivity contribution in [1.82, 2.24) is 10.2 Å². The highest BCUT2D eigenvalue weighted by molar-refractivity contribution is 5.89. The lowest BCUT2D eigenvalue weighted by Gasteiger charge is -2.35. The molecule has 2 amide bonds. The lowest BCUT2D eigenvalue weighted by Crippen LogP contribution is -2.50. The van der Waals surface area contributed by atoms with E-state index in [-0.39, 0.29) is 25.1 Å². The number of hydrogen-bond donors (Lipinski definition) is 2. The van der Waals surface area contributed by atoms with Crippen molar-refractivity contribution in [2.75, 3.05) is 6.54 Å². The quantitative estimate of drug-likeness (QED) is 0.393. The van der Waals surface area contributed by atoms with E-state index in [0.29, 0.717) is 12.8 Å². The number of nitrogens with zero attached hydrogens (tertiary/aromatic N) is 1. The third-order valence-corrected chi connectivity index (χ3v) is 6.76. The van der Waals surface area contributed by atoms with Gasteiger partial charge in [-0.25, -0.2) is 4.79 Å². The maximum absolute atomic E-state index is 14.2. The molecule has 192 valence electrons. The van der Waals surface area contributed by atoms with Gasteiger partial charge in [0.15, 0.2) is 0 Å². The Morgan fingerprint density at radius 1 is 0.919 bits per heavy atom. The van der Waals surface area contributed by atoms with E-state index >= 15 is 0 Å². The Morgan fingerprint density at radius 2 is 1.46 bits per heavy atom. The lowest BCUT2D eigenvalue weighted by atomic mass is 9.89. The first-order valence-electron chi connectivity index (χ1n) is 12.6. The van der Waals surface area contributed by atoms with Crippen LogP contribution in [0.15, 0.2) is 91.0 Å². The number of carboxylic acids is 1. The molecule has 3 atom stereocenters. The summed E-state index contributed by atoms with van der Waals surface area (Å²) in [6, 6.07) is 27.6. The van der Waals surface area contributed by atoms with Crippen LogP contribution < -0.4 is 5.32 Å². The fraction of sp³-hybridized carbons (Fsp3) is 0.300. The zero-order valence-corrected chi connectivity index (χ0v) is 20.8. The minimum atomic E-state index is -0.913. The number of rotatable bonds is 11. The third-order valence-electron chi connectivity index (χ3n) is 6.76. The SMILES string of the molecule is CC[C@H](CNC(=O)OCc1ccccc1)N(C(=O)C(c1ccccc1)c1ccccc1)[C@H]1C[C@H]1C(=O)O. The van der Waals surface area contributed by atoms with Gasteiger partial charge in [0.2, 0.25) is 5.91 Å². The van der Waals surface area contributed by atoms with Crippen LogP contribution in [0.2, 0.25) is 0 Å². The number of nitrogens with one attached hydrogen (secondary N) is 1. The van der Waals surface area contributed by atoms with E-state index in [0.717, 1.165) is 16.7 Å². The second kappa shape index (κ2) is 12.2. The normalized spacial score (nSPS) is 17.0. The van der Waals surface area contributed by atoms with Gasteiger partial charge in [0.25, 0.3) is 0 Å². The van der Waals surface area contributed by atoms with Crippen LogP contribution in [0.5, 0.6) is 0 Å². The van der Waals surface area contributed by atoms with Gasteiger partial charge in [0, 0.05) is 18.6 Å². The van der Waals surface area contributed by atoms with Crippen molar-refractivity contribution in [3.05, 3.63) is 108 Å². The zero-order chi connectivity index (χ0) is 26.2. The van der Waals surface area contributed by atoms with E-state index in [1.807, 2.05) is 97.9 Å². The first-order chi connectivity index (χ1) is 18.0. The topological polar surface area (TPSA) is 95.9 Å². The van der Waals surface area contributed by atoms with Crippen LogP contribution >= 0.6 is 0 Å². The zero-order valence-electron chi connectivity index (χ0n) is 20.8. The summed E-state index contributed by atoms with van der Waals surface area (Å²) in [5.74, 6) is -2.28. The van der Waals surface area contributed by atoms with Crippen LogP contribution in [-0.4, -0.2) is 46.6 Å². The van der Waals surface area contributed by atoms with Gasteiger partial charge in [-0.2, -0.15) is 0 Å². The van der Waals surface area contributed by atoms with Crippen molar-refractivity contribution in [2.24, 2.45) is 5.92 Å². The maximum Gasteiger partial charge on any atom is 0.407 e. The number of amides is 2. The largest absolute Gasteiger partial charge is 0.481 e. The molecule has 0 radical (unpaired) electrons. The second-order valence-electron chi connectivity index (χ2n) is 9.25. The first kappa shape index (κ1) is 25.9. The number of hydrogen-bond acceptors (Lipinski definition) is 4. The summed E-state index contributed by atoms with van der Waals surface area (Å²) < 4.78 is 5.34. The van der Waals surface area contributed by atoms with E-state index in [2.05, 4.69) is 5.32 Å². The third kappa shape index (κ3) is 6.55. The van der Waals surface area contributed by atoms with Gasteiger partial charge >= 0.3 is 12.1 Å². The van der Waals surface area contributed by atoms with Crippen LogP contribution in [0.25, 0.3) is 0 Å². The van der Waals surface area contributed by atoms with Crippen LogP contribution in [0.4, 0.5) is 4.79 Å². The summed E-state index contributed by atoms with van der Waals surface area (Å²) in [6.45, 7) is 2.23. The maximum atomic E-state index is 14.2. The summed E-state index contributed by atoms with van der Waals surface area (Å²) in [4.78, 5) is 40.1.